The molecular formula is C11H19NS2. The van der Waals surface area contributed by atoms with E-state index >= 15 is 0 Å². The van der Waals surface area contributed by atoms with Crippen molar-refractivity contribution in [2.45, 2.75) is 25.5 Å². The van der Waals surface area contributed by atoms with Crippen molar-refractivity contribution in [1.82, 2.24) is 0 Å². The van der Waals surface area contributed by atoms with Gasteiger partial charge in [0.05, 0.1) is 0 Å². The first-order valence-electron chi connectivity index (χ1n) is 5.07. The SMILES string of the molecule is CC(C)CCSC(CN)c1ccsc1. The second-order valence-electron chi connectivity index (χ2n) is 3.83. The summed E-state index contributed by atoms with van der Waals surface area (Å²) in [5.41, 5.74) is 7.16. The summed E-state index contributed by atoms with van der Waals surface area (Å²) >= 11 is 3.74. The molecule has 0 aliphatic carbocycles. The van der Waals surface area contributed by atoms with Crippen LogP contribution in [0.3, 0.4) is 0 Å². The average molecular weight is 229 g/mol. The Kier molecular flexibility index (Phi) is 5.60. The van der Waals surface area contributed by atoms with Gasteiger partial charge in [-0.05, 0) is 40.5 Å². The molecule has 0 aliphatic rings. The first-order chi connectivity index (χ1) is 6.74. The molecular weight excluding hydrogens is 210 g/mol. The normalized spacial score (nSPS) is 13.4. The summed E-state index contributed by atoms with van der Waals surface area (Å²) in [5, 5.41) is 4.83. The van der Waals surface area contributed by atoms with Crippen LogP contribution in [0.15, 0.2) is 16.8 Å². The number of rotatable bonds is 6. The predicted octanol–water partition coefficient (Wildman–Crippen LogP) is 3.53. The molecule has 1 atom stereocenters. The third-order valence-electron chi connectivity index (χ3n) is 2.14. The topological polar surface area (TPSA) is 26.0 Å². The summed E-state index contributed by atoms with van der Waals surface area (Å²) in [7, 11) is 0. The smallest absolute Gasteiger partial charge is 0.0427 e. The van der Waals surface area contributed by atoms with Crippen LogP contribution in [0.2, 0.25) is 0 Å². The van der Waals surface area contributed by atoms with Crippen LogP contribution in [0, 0.1) is 5.92 Å². The Morgan fingerprint density at radius 2 is 2.29 bits per heavy atom. The number of hydrogen-bond donors (Lipinski definition) is 1. The van der Waals surface area contributed by atoms with Gasteiger partial charge < -0.3 is 5.73 Å². The van der Waals surface area contributed by atoms with Crippen molar-refractivity contribution in [3.63, 3.8) is 0 Å². The van der Waals surface area contributed by atoms with Crippen LogP contribution in [0.25, 0.3) is 0 Å². The molecule has 0 fully saturated rings. The van der Waals surface area contributed by atoms with E-state index in [9.17, 15) is 0 Å². The Bertz CT molecular complexity index is 231. The number of nitrogens with two attached hydrogens (primary N) is 1. The van der Waals surface area contributed by atoms with Gasteiger partial charge in [0.1, 0.15) is 0 Å². The van der Waals surface area contributed by atoms with Gasteiger partial charge in [-0.15, -0.1) is 0 Å². The monoisotopic (exact) mass is 229 g/mol. The van der Waals surface area contributed by atoms with E-state index in [-0.39, 0.29) is 0 Å². The zero-order chi connectivity index (χ0) is 10.4. The lowest BCUT2D eigenvalue weighted by atomic mass is 10.2. The Balaban J connectivity index is 2.33. The van der Waals surface area contributed by atoms with Gasteiger partial charge in [0, 0.05) is 11.8 Å². The van der Waals surface area contributed by atoms with Crippen molar-refractivity contribution < 1.29 is 0 Å². The maximum Gasteiger partial charge on any atom is 0.0427 e. The van der Waals surface area contributed by atoms with Crippen molar-refractivity contribution in [2.75, 3.05) is 12.3 Å². The fourth-order valence-electron chi connectivity index (χ4n) is 1.20. The summed E-state index contributed by atoms with van der Waals surface area (Å²) < 4.78 is 0. The molecule has 0 saturated heterocycles. The lowest BCUT2D eigenvalue weighted by molar-refractivity contribution is 0.631. The average Bonchev–Trinajstić information content (AvgIpc) is 2.64. The summed E-state index contributed by atoms with van der Waals surface area (Å²) in [4.78, 5) is 0. The van der Waals surface area contributed by atoms with Crippen LogP contribution in [0.1, 0.15) is 31.1 Å². The molecule has 0 aromatic carbocycles. The predicted molar refractivity (Wildman–Crippen MR) is 68.0 cm³/mol. The highest BCUT2D eigenvalue weighted by molar-refractivity contribution is 7.99. The van der Waals surface area contributed by atoms with Gasteiger partial charge in [0.2, 0.25) is 0 Å². The second kappa shape index (κ2) is 6.49. The van der Waals surface area contributed by atoms with Crippen molar-refractivity contribution >= 4 is 23.1 Å². The Hall–Kier alpha value is 0.01000. The minimum absolute atomic E-state index is 0.500. The summed E-state index contributed by atoms with van der Waals surface area (Å²) in [6, 6.07) is 2.19. The molecule has 14 heavy (non-hydrogen) atoms. The lowest BCUT2D eigenvalue weighted by Crippen LogP contribution is -2.09. The first kappa shape index (κ1) is 12.1. The van der Waals surface area contributed by atoms with Gasteiger partial charge in [0.25, 0.3) is 0 Å². The van der Waals surface area contributed by atoms with Crippen LogP contribution >= 0.6 is 23.1 Å². The minimum atomic E-state index is 0.500. The van der Waals surface area contributed by atoms with Crippen LogP contribution in [0.4, 0.5) is 0 Å². The van der Waals surface area contributed by atoms with Crippen molar-refractivity contribution in [3.8, 4) is 0 Å². The highest BCUT2D eigenvalue weighted by Crippen LogP contribution is 2.30. The fraction of sp³-hybridized carbons (Fsp3) is 0.636. The van der Waals surface area contributed by atoms with Crippen LogP contribution in [-0.2, 0) is 0 Å². The van der Waals surface area contributed by atoms with E-state index in [2.05, 4.69) is 30.7 Å². The van der Waals surface area contributed by atoms with Crippen LogP contribution in [-0.4, -0.2) is 12.3 Å². The van der Waals surface area contributed by atoms with Crippen LogP contribution < -0.4 is 5.73 Å². The summed E-state index contributed by atoms with van der Waals surface area (Å²) in [5.74, 6) is 2.01. The molecule has 0 amide bonds. The van der Waals surface area contributed by atoms with E-state index in [0.29, 0.717) is 5.25 Å². The number of hydrogen-bond acceptors (Lipinski definition) is 3. The second-order valence-corrected chi connectivity index (χ2v) is 5.92. The van der Waals surface area contributed by atoms with E-state index in [0.717, 1.165) is 12.5 Å². The van der Waals surface area contributed by atoms with E-state index in [4.69, 9.17) is 5.73 Å². The molecule has 1 unspecified atom stereocenters. The lowest BCUT2D eigenvalue weighted by Gasteiger charge is -2.13. The van der Waals surface area contributed by atoms with E-state index in [1.807, 2.05) is 11.8 Å². The van der Waals surface area contributed by atoms with Crippen molar-refractivity contribution in [1.29, 1.82) is 0 Å². The molecule has 3 heteroatoms. The summed E-state index contributed by atoms with van der Waals surface area (Å²) in [6.07, 6.45) is 1.28. The summed E-state index contributed by atoms with van der Waals surface area (Å²) in [6.45, 7) is 5.28. The quantitative estimate of drug-likeness (QED) is 0.807. The molecule has 2 N–H and O–H groups in total. The molecule has 80 valence electrons. The Morgan fingerprint density at radius 3 is 2.79 bits per heavy atom. The molecule has 1 aromatic heterocycles. The molecule has 0 saturated carbocycles. The van der Waals surface area contributed by atoms with Crippen molar-refractivity contribution in [2.24, 2.45) is 11.7 Å². The third kappa shape index (κ3) is 4.03. The van der Waals surface area contributed by atoms with Gasteiger partial charge in [-0.2, -0.15) is 23.1 Å². The van der Waals surface area contributed by atoms with E-state index in [1.54, 1.807) is 11.3 Å². The molecule has 1 rings (SSSR count). The molecule has 1 nitrogen and oxygen atoms in total. The van der Waals surface area contributed by atoms with Crippen molar-refractivity contribution in [3.05, 3.63) is 22.4 Å². The van der Waals surface area contributed by atoms with Gasteiger partial charge in [-0.25, -0.2) is 0 Å². The molecule has 1 aromatic rings. The first-order valence-corrected chi connectivity index (χ1v) is 7.07. The third-order valence-corrected chi connectivity index (χ3v) is 4.18. The highest BCUT2D eigenvalue weighted by atomic mass is 32.2. The Labute approximate surface area is 95.1 Å². The van der Waals surface area contributed by atoms with E-state index in [1.165, 1.54) is 17.7 Å². The number of thioether (sulfide) groups is 1. The maximum atomic E-state index is 5.76. The maximum absolute atomic E-state index is 5.76. The van der Waals surface area contributed by atoms with Gasteiger partial charge in [-0.3, -0.25) is 0 Å². The Morgan fingerprint density at radius 1 is 1.50 bits per heavy atom. The zero-order valence-corrected chi connectivity index (χ0v) is 10.5. The number of thiophene rings is 1. The van der Waals surface area contributed by atoms with Gasteiger partial charge >= 0.3 is 0 Å². The van der Waals surface area contributed by atoms with E-state index < -0.39 is 0 Å². The molecule has 1 heterocycles. The molecule has 0 bridgehead atoms. The highest BCUT2D eigenvalue weighted by Gasteiger charge is 2.10. The zero-order valence-electron chi connectivity index (χ0n) is 8.90. The largest absolute Gasteiger partial charge is 0.329 e. The molecule has 0 radical (unpaired) electrons. The minimum Gasteiger partial charge on any atom is -0.329 e. The standard InChI is InChI=1S/C11H19NS2/c1-9(2)3-6-14-11(7-12)10-4-5-13-8-10/h4-5,8-9,11H,3,6-7,12H2,1-2H3. The molecule has 0 spiro atoms. The van der Waals surface area contributed by atoms with Gasteiger partial charge in [0.15, 0.2) is 0 Å². The fourth-order valence-corrected chi connectivity index (χ4v) is 3.37. The van der Waals surface area contributed by atoms with Crippen LogP contribution in [0.5, 0.6) is 0 Å². The van der Waals surface area contributed by atoms with Gasteiger partial charge in [-0.1, -0.05) is 13.8 Å². The molecule has 0 aliphatic heterocycles.